The predicted molar refractivity (Wildman–Crippen MR) is 99.0 cm³/mol. The monoisotopic (exact) mass is 369 g/mol. The molecule has 0 aromatic heterocycles. The van der Waals surface area contributed by atoms with Crippen molar-refractivity contribution in [2.45, 2.75) is 31.8 Å². The summed E-state index contributed by atoms with van der Waals surface area (Å²) >= 11 is 7.31. The van der Waals surface area contributed by atoms with Crippen molar-refractivity contribution in [3.8, 4) is 0 Å². The van der Waals surface area contributed by atoms with Gasteiger partial charge in [-0.25, -0.2) is 0 Å². The number of hydrogen-bond donors (Lipinski definition) is 2. The first-order chi connectivity index (χ1) is 11.5. The molecule has 0 radical (unpaired) electrons. The van der Waals surface area contributed by atoms with Gasteiger partial charge in [0.1, 0.15) is 0 Å². The minimum atomic E-state index is -0.339. The third-order valence-corrected chi connectivity index (χ3v) is 5.22. The molecule has 1 saturated heterocycles. The third-order valence-electron chi connectivity index (χ3n) is 3.99. The van der Waals surface area contributed by atoms with Crippen molar-refractivity contribution in [3.63, 3.8) is 0 Å². The average Bonchev–Trinajstić information content (AvgIpc) is 2.55. The first-order valence-electron chi connectivity index (χ1n) is 8.15. The summed E-state index contributed by atoms with van der Waals surface area (Å²) in [6.45, 7) is 2.87. The van der Waals surface area contributed by atoms with Crippen LogP contribution in [-0.4, -0.2) is 47.4 Å². The number of amides is 2. The van der Waals surface area contributed by atoms with E-state index in [0.717, 1.165) is 37.5 Å². The average molecular weight is 370 g/mol. The number of nitrogens with one attached hydrogen (secondary N) is 1. The molecule has 0 unspecified atom stereocenters. The maximum atomic E-state index is 11.9. The van der Waals surface area contributed by atoms with Crippen LogP contribution in [0.25, 0.3) is 0 Å². The van der Waals surface area contributed by atoms with Crippen LogP contribution in [0.15, 0.2) is 24.3 Å². The summed E-state index contributed by atoms with van der Waals surface area (Å²) < 4.78 is 0. The number of thioether (sulfide) groups is 1. The van der Waals surface area contributed by atoms with Gasteiger partial charge < -0.3 is 11.1 Å². The fourth-order valence-corrected chi connectivity index (χ4v) is 3.52. The molecular weight excluding hydrogens is 346 g/mol. The topological polar surface area (TPSA) is 75.4 Å². The van der Waals surface area contributed by atoms with E-state index in [2.05, 4.69) is 22.3 Å². The zero-order valence-electron chi connectivity index (χ0n) is 13.7. The summed E-state index contributed by atoms with van der Waals surface area (Å²) in [4.78, 5) is 24.9. The van der Waals surface area contributed by atoms with Crippen molar-refractivity contribution in [1.82, 2.24) is 10.2 Å². The highest BCUT2D eigenvalue weighted by Gasteiger charge is 2.20. The maximum Gasteiger partial charge on any atom is 0.227 e. The van der Waals surface area contributed by atoms with Gasteiger partial charge in [-0.05, 0) is 30.5 Å². The summed E-state index contributed by atoms with van der Waals surface area (Å²) in [6, 6.07) is 8.19. The SMILES string of the molecule is NC(=O)CSCCC(=O)NC1CCN(Cc2ccc(Cl)cc2)CC1. The lowest BCUT2D eigenvalue weighted by Crippen LogP contribution is -2.44. The number of hydrogen-bond acceptors (Lipinski definition) is 4. The van der Waals surface area contributed by atoms with E-state index in [9.17, 15) is 9.59 Å². The highest BCUT2D eigenvalue weighted by atomic mass is 35.5. The Morgan fingerprint density at radius 1 is 1.25 bits per heavy atom. The van der Waals surface area contributed by atoms with E-state index in [1.165, 1.54) is 17.3 Å². The molecule has 1 aromatic carbocycles. The fourth-order valence-electron chi connectivity index (χ4n) is 2.72. The summed E-state index contributed by atoms with van der Waals surface area (Å²) in [6.07, 6.45) is 2.37. The lowest BCUT2D eigenvalue weighted by Gasteiger charge is -2.32. The van der Waals surface area contributed by atoms with Crippen LogP contribution in [-0.2, 0) is 16.1 Å². The van der Waals surface area contributed by atoms with E-state index in [4.69, 9.17) is 17.3 Å². The molecule has 0 atom stereocenters. The van der Waals surface area contributed by atoms with Crippen molar-refractivity contribution in [1.29, 1.82) is 0 Å². The molecule has 24 heavy (non-hydrogen) atoms. The molecule has 1 aliphatic rings. The molecule has 0 saturated carbocycles. The van der Waals surface area contributed by atoms with Crippen LogP contribution >= 0.6 is 23.4 Å². The molecular formula is C17H24ClN3O2S. The summed E-state index contributed by atoms with van der Waals surface area (Å²) in [7, 11) is 0. The zero-order chi connectivity index (χ0) is 17.4. The van der Waals surface area contributed by atoms with Gasteiger partial charge in [-0.15, -0.1) is 0 Å². The number of nitrogens with two attached hydrogens (primary N) is 1. The number of halogens is 1. The van der Waals surface area contributed by atoms with E-state index >= 15 is 0 Å². The van der Waals surface area contributed by atoms with Crippen LogP contribution in [0.5, 0.6) is 0 Å². The maximum absolute atomic E-state index is 11.9. The number of likely N-dealkylation sites (tertiary alicyclic amines) is 1. The number of carbonyl (C=O) groups excluding carboxylic acids is 2. The van der Waals surface area contributed by atoms with Crippen LogP contribution in [0.3, 0.4) is 0 Å². The van der Waals surface area contributed by atoms with Gasteiger partial charge in [0.2, 0.25) is 11.8 Å². The van der Waals surface area contributed by atoms with Gasteiger partial charge in [-0.1, -0.05) is 23.7 Å². The molecule has 2 rings (SSSR count). The first kappa shape index (κ1) is 19.1. The van der Waals surface area contributed by atoms with Gasteiger partial charge in [0.05, 0.1) is 5.75 Å². The Balaban J connectivity index is 1.62. The Morgan fingerprint density at radius 2 is 1.92 bits per heavy atom. The van der Waals surface area contributed by atoms with Crippen LogP contribution in [0.4, 0.5) is 0 Å². The Kier molecular flexibility index (Phi) is 7.88. The van der Waals surface area contributed by atoms with Gasteiger partial charge >= 0.3 is 0 Å². The molecule has 5 nitrogen and oxygen atoms in total. The number of nitrogens with zero attached hydrogens (tertiary/aromatic N) is 1. The normalized spacial score (nSPS) is 16.0. The largest absolute Gasteiger partial charge is 0.369 e. The predicted octanol–water partition coefficient (Wildman–Crippen LogP) is 2.03. The highest BCUT2D eigenvalue weighted by molar-refractivity contribution is 7.99. The van der Waals surface area contributed by atoms with Crippen LogP contribution in [0.2, 0.25) is 5.02 Å². The van der Waals surface area contributed by atoms with Crippen LogP contribution < -0.4 is 11.1 Å². The van der Waals surface area contributed by atoms with Crippen molar-refractivity contribution in [2.75, 3.05) is 24.6 Å². The molecule has 1 aliphatic heterocycles. The fraction of sp³-hybridized carbons (Fsp3) is 0.529. The van der Waals surface area contributed by atoms with Gasteiger partial charge in [-0.2, -0.15) is 11.8 Å². The van der Waals surface area contributed by atoms with Gasteiger partial charge in [0.25, 0.3) is 0 Å². The summed E-state index contributed by atoms with van der Waals surface area (Å²) in [5, 5.41) is 3.84. The van der Waals surface area contributed by atoms with Crippen molar-refractivity contribution < 1.29 is 9.59 Å². The second-order valence-electron chi connectivity index (χ2n) is 6.01. The highest BCUT2D eigenvalue weighted by Crippen LogP contribution is 2.16. The van der Waals surface area contributed by atoms with Crippen LogP contribution in [0.1, 0.15) is 24.8 Å². The summed E-state index contributed by atoms with van der Waals surface area (Å²) in [5.74, 6) is 0.622. The second kappa shape index (κ2) is 9.91. The molecule has 2 amide bonds. The lowest BCUT2D eigenvalue weighted by molar-refractivity contribution is -0.121. The Hall–Kier alpha value is -1.24. The third kappa shape index (κ3) is 7.11. The smallest absolute Gasteiger partial charge is 0.227 e. The van der Waals surface area contributed by atoms with E-state index in [1.54, 1.807) is 0 Å². The quantitative estimate of drug-likeness (QED) is 0.687. The molecule has 0 aliphatic carbocycles. The minimum absolute atomic E-state index is 0.0584. The number of benzene rings is 1. The van der Waals surface area contributed by atoms with Gasteiger partial charge in [0.15, 0.2) is 0 Å². The van der Waals surface area contributed by atoms with Gasteiger partial charge in [0, 0.05) is 42.9 Å². The molecule has 7 heteroatoms. The first-order valence-corrected chi connectivity index (χ1v) is 9.68. The Morgan fingerprint density at radius 3 is 2.54 bits per heavy atom. The molecule has 1 fully saturated rings. The van der Waals surface area contributed by atoms with E-state index in [1.807, 2.05) is 12.1 Å². The molecule has 1 heterocycles. The molecule has 0 spiro atoms. The second-order valence-corrected chi connectivity index (χ2v) is 7.55. The van der Waals surface area contributed by atoms with Crippen molar-refractivity contribution >= 4 is 35.2 Å². The number of primary amides is 1. The molecule has 0 bridgehead atoms. The Labute approximate surface area is 152 Å². The minimum Gasteiger partial charge on any atom is -0.369 e. The standard InChI is InChI=1S/C17H24ClN3O2S/c18-14-3-1-13(2-4-14)11-21-8-5-15(6-9-21)20-17(23)7-10-24-12-16(19)22/h1-4,15H,5-12H2,(H2,19,22)(H,20,23). The molecule has 132 valence electrons. The van der Waals surface area contributed by atoms with Gasteiger partial charge in [-0.3, -0.25) is 14.5 Å². The number of rotatable bonds is 8. The van der Waals surface area contributed by atoms with Crippen molar-refractivity contribution in [2.24, 2.45) is 5.73 Å². The lowest BCUT2D eigenvalue weighted by atomic mass is 10.0. The number of piperidine rings is 1. The Bertz CT molecular complexity index is 545. The van der Waals surface area contributed by atoms with E-state index < -0.39 is 0 Å². The zero-order valence-corrected chi connectivity index (χ0v) is 15.2. The molecule has 3 N–H and O–H groups in total. The number of carbonyl (C=O) groups is 2. The van der Waals surface area contributed by atoms with E-state index in [-0.39, 0.29) is 23.6 Å². The van der Waals surface area contributed by atoms with Crippen LogP contribution in [0, 0.1) is 0 Å². The van der Waals surface area contributed by atoms with Crippen molar-refractivity contribution in [3.05, 3.63) is 34.9 Å². The summed E-state index contributed by atoms with van der Waals surface area (Å²) in [5.41, 5.74) is 6.32. The molecule has 1 aromatic rings. The van der Waals surface area contributed by atoms with E-state index in [0.29, 0.717) is 12.2 Å².